The number of aromatic nitrogens is 2. The molecule has 0 unspecified atom stereocenters. The van der Waals surface area contributed by atoms with E-state index in [-0.39, 0.29) is 5.54 Å². The van der Waals surface area contributed by atoms with Crippen LogP contribution in [0, 0.1) is 0 Å². The fourth-order valence-corrected chi connectivity index (χ4v) is 2.16. The largest absolute Gasteiger partial charge is 0.490 e. The number of nitrogen functional groups attached to an aromatic ring is 1. The van der Waals surface area contributed by atoms with Gasteiger partial charge in [0.15, 0.2) is 11.6 Å². The number of aryl methyl sites for hydroxylation is 1. The summed E-state index contributed by atoms with van der Waals surface area (Å²) in [5.74, 6) is 1.46. The lowest BCUT2D eigenvalue weighted by atomic mass is 9.95. The van der Waals surface area contributed by atoms with Gasteiger partial charge >= 0.3 is 0 Å². The molecule has 0 saturated heterocycles. The molecule has 0 fully saturated rings. The minimum atomic E-state index is -0.135. The first-order chi connectivity index (χ1) is 10.0. The van der Waals surface area contributed by atoms with Crippen molar-refractivity contribution in [2.75, 3.05) is 18.2 Å². The maximum Gasteiger partial charge on any atom is 0.203 e. The third-order valence-corrected chi connectivity index (χ3v) is 3.37. The summed E-state index contributed by atoms with van der Waals surface area (Å²) in [6.45, 7) is 4.27. The molecular formula is C16H22N4O. The van der Waals surface area contributed by atoms with E-state index in [4.69, 9.17) is 10.5 Å². The molecule has 0 bridgehead atoms. The Morgan fingerprint density at radius 1 is 1.19 bits per heavy atom. The first kappa shape index (κ1) is 15.1. The molecule has 2 aromatic rings. The number of anilines is 2. The smallest absolute Gasteiger partial charge is 0.203 e. The third kappa shape index (κ3) is 4.08. The highest BCUT2D eigenvalue weighted by Gasteiger charge is 2.21. The Morgan fingerprint density at radius 2 is 1.90 bits per heavy atom. The molecule has 0 aliphatic carbocycles. The topological polar surface area (TPSA) is 73.1 Å². The van der Waals surface area contributed by atoms with Crippen LogP contribution in [0.25, 0.3) is 0 Å². The van der Waals surface area contributed by atoms with Crippen molar-refractivity contribution < 1.29 is 4.74 Å². The Hall–Kier alpha value is -2.30. The van der Waals surface area contributed by atoms with Gasteiger partial charge in [0.25, 0.3) is 0 Å². The molecule has 1 aromatic carbocycles. The number of nitrogens with two attached hydrogens (primary N) is 1. The molecular weight excluding hydrogens is 264 g/mol. The first-order valence-electron chi connectivity index (χ1n) is 6.98. The van der Waals surface area contributed by atoms with Gasteiger partial charge in [0.1, 0.15) is 6.33 Å². The van der Waals surface area contributed by atoms with E-state index in [1.54, 1.807) is 7.11 Å². The summed E-state index contributed by atoms with van der Waals surface area (Å²) in [6.07, 6.45) is 3.39. The fourth-order valence-electron chi connectivity index (χ4n) is 2.16. The molecule has 0 spiro atoms. The zero-order valence-electron chi connectivity index (χ0n) is 12.8. The number of rotatable bonds is 6. The van der Waals surface area contributed by atoms with Crippen molar-refractivity contribution in [3.63, 3.8) is 0 Å². The maximum absolute atomic E-state index is 5.80. The van der Waals surface area contributed by atoms with E-state index in [1.807, 2.05) is 6.07 Å². The van der Waals surface area contributed by atoms with Crippen molar-refractivity contribution in [2.24, 2.45) is 0 Å². The van der Waals surface area contributed by atoms with Crippen LogP contribution in [-0.2, 0) is 6.42 Å². The van der Waals surface area contributed by atoms with Gasteiger partial charge in [-0.15, -0.1) is 0 Å². The van der Waals surface area contributed by atoms with E-state index in [0.29, 0.717) is 17.4 Å². The van der Waals surface area contributed by atoms with Crippen LogP contribution >= 0.6 is 0 Å². The summed E-state index contributed by atoms with van der Waals surface area (Å²) < 4.78 is 5.27. The Kier molecular flexibility index (Phi) is 4.62. The highest BCUT2D eigenvalue weighted by Crippen LogP contribution is 2.29. The average molecular weight is 286 g/mol. The van der Waals surface area contributed by atoms with Gasteiger partial charge < -0.3 is 15.8 Å². The lowest BCUT2D eigenvalue weighted by Crippen LogP contribution is -2.32. The van der Waals surface area contributed by atoms with E-state index >= 15 is 0 Å². The van der Waals surface area contributed by atoms with E-state index in [2.05, 4.69) is 53.4 Å². The predicted molar refractivity (Wildman–Crippen MR) is 85.5 cm³/mol. The zero-order valence-corrected chi connectivity index (χ0v) is 12.8. The van der Waals surface area contributed by atoms with Crippen molar-refractivity contribution in [3.8, 4) is 5.75 Å². The molecule has 1 heterocycles. The molecule has 3 N–H and O–H groups in total. The minimum absolute atomic E-state index is 0.135. The van der Waals surface area contributed by atoms with Gasteiger partial charge in [-0.2, -0.15) is 0 Å². The number of hydrogen-bond acceptors (Lipinski definition) is 5. The van der Waals surface area contributed by atoms with Crippen LogP contribution in [0.2, 0.25) is 0 Å². The van der Waals surface area contributed by atoms with Crippen molar-refractivity contribution >= 4 is 11.6 Å². The normalized spacial score (nSPS) is 11.2. The Bertz CT molecular complexity index is 584. The molecule has 0 radical (unpaired) electrons. The van der Waals surface area contributed by atoms with Crippen molar-refractivity contribution in [1.29, 1.82) is 0 Å². The molecule has 0 aliphatic rings. The summed E-state index contributed by atoms with van der Waals surface area (Å²) in [5, 5.41) is 3.39. The van der Waals surface area contributed by atoms with Crippen LogP contribution in [0.5, 0.6) is 5.75 Å². The number of methoxy groups -OCH3 is 1. The highest BCUT2D eigenvalue weighted by molar-refractivity contribution is 5.62. The summed E-state index contributed by atoms with van der Waals surface area (Å²) in [7, 11) is 1.57. The highest BCUT2D eigenvalue weighted by atomic mass is 16.5. The molecule has 5 nitrogen and oxygen atoms in total. The van der Waals surface area contributed by atoms with Gasteiger partial charge in [0, 0.05) is 5.54 Å². The molecule has 21 heavy (non-hydrogen) atoms. The van der Waals surface area contributed by atoms with Gasteiger partial charge in [0.05, 0.1) is 7.11 Å². The lowest BCUT2D eigenvalue weighted by molar-refractivity contribution is 0.412. The summed E-state index contributed by atoms with van der Waals surface area (Å²) >= 11 is 0. The van der Waals surface area contributed by atoms with Gasteiger partial charge in [-0.1, -0.05) is 30.3 Å². The van der Waals surface area contributed by atoms with Gasteiger partial charge in [-0.3, -0.25) is 0 Å². The van der Waals surface area contributed by atoms with E-state index in [0.717, 1.165) is 12.8 Å². The number of nitrogens with one attached hydrogen (secondary N) is 1. The van der Waals surface area contributed by atoms with Crippen LogP contribution in [0.4, 0.5) is 11.6 Å². The number of benzene rings is 1. The molecule has 0 atom stereocenters. The van der Waals surface area contributed by atoms with Crippen LogP contribution in [-0.4, -0.2) is 22.6 Å². The van der Waals surface area contributed by atoms with Crippen molar-refractivity contribution in [2.45, 2.75) is 32.2 Å². The standard InChI is InChI=1S/C16H22N4O/c1-16(2,10-9-12-7-5-4-6-8-12)20-15-13(21-3)14(17)18-11-19-15/h4-8,11H,9-10H2,1-3H3,(H3,17,18,19,20). The van der Waals surface area contributed by atoms with Crippen LogP contribution < -0.4 is 15.8 Å². The molecule has 1 aromatic heterocycles. The summed E-state index contributed by atoms with van der Waals surface area (Å²) in [5.41, 5.74) is 6.99. The maximum atomic E-state index is 5.80. The quantitative estimate of drug-likeness (QED) is 0.854. The van der Waals surface area contributed by atoms with E-state index in [1.165, 1.54) is 11.9 Å². The molecule has 0 amide bonds. The second-order valence-electron chi connectivity index (χ2n) is 5.64. The number of ether oxygens (including phenoxy) is 1. The van der Waals surface area contributed by atoms with Crippen molar-refractivity contribution in [3.05, 3.63) is 42.2 Å². The van der Waals surface area contributed by atoms with Gasteiger partial charge in [-0.05, 0) is 32.3 Å². The van der Waals surface area contributed by atoms with Crippen LogP contribution in [0.15, 0.2) is 36.7 Å². The Morgan fingerprint density at radius 3 is 2.57 bits per heavy atom. The Labute approximate surface area is 125 Å². The molecule has 0 aliphatic heterocycles. The van der Waals surface area contributed by atoms with Crippen LogP contribution in [0.3, 0.4) is 0 Å². The number of hydrogen-bond donors (Lipinski definition) is 2. The molecule has 112 valence electrons. The molecule has 5 heteroatoms. The van der Waals surface area contributed by atoms with E-state index in [9.17, 15) is 0 Å². The molecule has 2 rings (SSSR count). The molecule has 0 saturated carbocycles. The lowest BCUT2D eigenvalue weighted by Gasteiger charge is -2.28. The fraction of sp³-hybridized carbons (Fsp3) is 0.375. The third-order valence-electron chi connectivity index (χ3n) is 3.37. The first-order valence-corrected chi connectivity index (χ1v) is 6.98. The summed E-state index contributed by atoms with van der Waals surface area (Å²) in [6, 6.07) is 10.4. The summed E-state index contributed by atoms with van der Waals surface area (Å²) in [4.78, 5) is 8.16. The Balaban J connectivity index is 2.05. The predicted octanol–water partition coefficient (Wildman–Crippen LogP) is 2.89. The van der Waals surface area contributed by atoms with E-state index < -0.39 is 0 Å². The minimum Gasteiger partial charge on any atom is -0.490 e. The monoisotopic (exact) mass is 286 g/mol. The second-order valence-corrected chi connectivity index (χ2v) is 5.64. The van der Waals surface area contributed by atoms with Crippen LogP contribution in [0.1, 0.15) is 25.8 Å². The zero-order chi connectivity index (χ0) is 15.3. The number of nitrogens with zero attached hydrogens (tertiary/aromatic N) is 2. The average Bonchev–Trinajstić information content (AvgIpc) is 2.46. The van der Waals surface area contributed by atoms with Gasteiger partial charge in [-0.25, -0.2) is 9.97 Å². The van der Waals surface area contributed by atoms with Gasteiger partial charge in [0.2, 0.25) is 5.75 Å². The second kappa shape index (κ2) is 6.43. The van der Waals surface area contributed by atoms with Crippen molar-refractivity contribution in [1.82, 2.24) is 9.97 Å². The SMILES string of the molecule is COc1c(N)ncnc1NC(C)(C)CCc1ccccc1.